The van der Waals surface area contributed by atoms with Crippen LogP contribution in [0.1, 0.15) is 48.1 Å². The molecule has 3 heteroatoms. The summed E-state index contributed by atoms with van der Waals surface area (Å²) in [5.41, 5.74) is 8.22. The topological polar surface area (TPSA) is 0 Å². The predicted octanol–water partition coefficient (Wildman–Crippen LogP) is 9.37. The summed E-state index contributed by atoms with van der Waals surface area (Å²) in [4.78, 5) is 0. The van der Waals surface area contributed by atoms with Crippen LogP contribution in [-0.4, -0.2) is 3.21 Å². The maximum Gasteiger partial charge on any atom is -0.0393 e. The van der Waals surface area contributed by atoms with Gasteiger partial charge in [0.05, 0.1) is 0 Å². The molecule has 0 aromatic heterocycles. The van der Waals surface area contributed by atoms with Crippen molar-refractivity contribution in [1.82, 2.24) is 0 Å². The van der Waals surface area contributed by atoms with E-state index in [9.17, 15) is 0 Å². The summed E-state index contributed by atoms with van der Waals surface area (Å²) in [7, 11) is 0. The third-order valence-electron chi connectivity index (χ3n) is 5.99. The van der Waals surface area contributed by atoms with E-state index in [1.54, 1.807) is 24.2 Å². The van der Waals surface area contributed by atoms with E-state index in [0.717, 1.165) is 6.42 Å². The van der Waals surface area contributed by atoms with Gasteiger partial charge in [-0.25, -0.2) is 0 Å². The Hall–Kier alpha value is -1.66. The average molecular weight is 569 g/mol. The third kappa shape index (κ3) is 7.42. The van der Waals surface area contributed by atoms with Crippen molar-refractivity contribution in [2.75, 3.05) is 0 Å². The molecule has 0 heterocycles. The van der Waals surface area contributed by atoms with Gasteiger partial charge in [0.25, 0.3) is 0 Å². The van der Waals surface area contributed by atoms with Gasteiger partial charge in [-0.1, -0.05) is 66.4 Å². The van der Waals surface area contributed by atoms with Crippen LogP contribution in [0.25, 0.3) is 27.1 Å². The molecule has 0 N–H and O–H groups in total. The molecule has 0 fully saturated rings. The zero-order valence-corrected chi connectivity index (χ0v) is 25.0. The summed E-state index contributed by atoms with van der Waals surface area (Å²) < 4.78 is 1.51. The van der Waals surface area contributed by atoms with Crippen LogP contribution in [0.3, 0.4) is 0 Å². The standard InChI is InChI=1S/C15H17.C13H9.C3H6.2ClH.Zr/c1-10-9-15(14-7-5-6-8-14)13(4)12(3)11(10)2;1-3-7-12-10(5-1)9-11-6-2-4-8-13(11)12;1-3-2;;;/h5,7,9H,6H2,1-4H3;1-9H;1-2H3;2*1H;/q2*-1;;;;+2. The van der Waals surface area contributed by atoms with Crippen molar-refractivity contribution in [3.8, 4) is 0 Å². The normalized spacial score (nSPS) is 11.5. The molecular weight excluding hydrogens is 534 g/mol. The van der Waals surface area contributed by atoms with Crippen molar-refractivity contribution < 1.29 is 24.2 Å². The Morgan fingerprint density at radius 2 is 1.29 bits per heavy atom. The maximum absolute atomic E-state index is 3.39. The zero-order valence-electron chi connectivity index (χ0n) is 21.0. The number of rotatable bonds is 1. The van der Waals surface area contributed by atoms with Gasteiger partial charge in [-0.2, -0.15) is 17.7 Å². The van der Waals surface area contributed by atoms with Gasteiger partial charge in [0.1, 0.15) is 0 Å². The number of hydrogen-bond acceptors (Lipinski definition) is 0. The van der Waals surface area contributed by atoms with Crippen LogP contribution >= 0.6 is 24.8 Å². The number of aryl methyl sites for hydroxylation is 1. The van der Waals surface area contributed by atoms with Crippen LogP contribution < -0.4 is 0 Å². The predicted molar refractivity (Wildman–Crippen MR) is 154 cm³/mol. The molecule has 176 valence electrons. The van der Waals surface area contributed by atoms with Gasteiger partial charge in [-0.15, -0.1) is 82.3 Å². The Bertz CT molecular complexity index is 1270. The number of hydrogen-bond donors (Lipinski definition) is 0. The second-order valence-corrected chi connectivity index (χ2v) is 11.1. The Morgan fingerprint density at radius 3 is 1.76 bits per heavy atom. The van der Waals surface area contributed by atoms with Crippen LogP contribution in [0, 0.1) is 33.8 Å². The molecule has 0 atom stereocenters. The Morgan fingerprint density at radius 1 is 0.794 bits per heavy atom. The molecule has 0 aliphatic heterocycles. The Balaban J connectivity index is 0.000000282. The summed E-state index contributed by atoms with van der Waals surface area (Å²) in [6.45, 7) is 13.0. The van der Waals surface area contributed by atoms with E-state index < -0.39 is 0 Å². The molecule has 0 bridgehead atoms. The fourth-order valence-electron chi connectivity index (χ4n) is 3.99. The van der Waals surface area contributed by atoms with E-state index >= 15 is 0 Å². The quantitative estimate of drug-likeness (QED) is 0.201. The minimum Gasteiger partial charge on any atom is -0.197 e. The first-order chi connectivity index (χ1) is 15.3. The molecule has 0 radical (unpaired) electrons. The first kappa shape index (κ1) is 30.4. The smallest absolute Gasteiger partial charge is 0.0393 e. The van der Waals surface area contributed by atoms with Crippen LogP contribution in [0.2, 0.25) is 0 Å². The van der Waals surface area contributed by atoms with E-state index in [1.807, 2.05) is 0 Å². The van der Waals surface area contributed by atoms with Gasteiger partial charge in [0.2, 0.25) is 0 Å². The SMILES string of the molecule is C[C](C)=[Zr+2].Cc1cc(C2=[C-]CC=C2)c(C)c(C)c1C.Cl.Cl.c1ccc2c(c1)[cH-]c1ccccc12. The maximum atomic E-state index is 3.39. The molecular formula is C31H34Cl2Zr. The van der Waals surface area contributed by atoms with Gasteiger partial charge in [0.15, 0.2) is 0 Å². The summed E-state index contributed by atoms with van der Waals surface area (Å²) in [6.07, 6.45) is 8.70. The fourth-order valence-corrected chi connectivity index (χ4v) is 3.99. The Kier molecular flexibility index (Phi) is 12.5. The molecule has 1 aliphatic carbocycles. The molecule has 5 rings (SSSR count). The minimum atomic E-state index is 0. The van der Waals surface area contributed by atoms with E-state index in [4.69, 9.17) is 0 Å². The van der Waals surface area contributed by atoms with Crippen molar-refractivity contribution in [3.05, 3.63) is 107 Å². The zero-order chi connectivity index (χ0) is 23.3. The van der Waals surface area contributed by atoms with Gasteiger partial charge in [0, 0.05) is 0 Å². The van der Waals surface area contributed by atoms with E-state index in [-0.39, 0.29) is 24.8 Å². The molecule has 4 aromatic rings. The minimum absolute atomic E-state index is 0. The summed E-state index contributed by atoms with van der Waals surface area (Å²) in [5, 5.41) is 5.39. The average Bonchev–Trinajstić information content (AvgIpc) is 3.43. The summed E-state index contributed by atoms with van der Waals surface area (Å²) in [6, 6.07) is 21.6. The Labute approximate surface area is 232 Å². The van der Waals surface area contributed by atoms with Crippen LogP contribution in [0.4, 0.5) is 0 Å². The first-order valence-electron chi connectivity index (χ1n) is 11.2. The third-order valence-corrected chi connectivity index (χ3v) is 5.99. The van der Waals surface area contributed by atoms with Crippen molar-refractivity contribution in [2.24, 2.45) is 0 Å². The van der Waals surface area contributed by atoms with Gasteiger partial charge in [-0.3, -0.25) is 0 Å². The van der Waals surface area contributed by atoms with Gasteiger partial charge >= 0.3 is 41.3 Å². The van der Waals surface area contributed by atoms with Crippen molar-refractivity contribution in [1.29, 1.82) is 0 Å². The molecule has 0 saturated heterocycles. The molecule has 4 aromatic carbocycles. The van der Waals surface area contributed by atoms with Crippen molar-refractivity contribution in [3.63, 3.8) is 0 Å². The van der Waals surface area contributed by atoms with Crippen molar-refractivity contribution in [2.45, 2.75) is 48.0 Å². The van der Waals surface area contributed by atoms with Crippen LogP contribution in [-0.2, 0) is 24.2 Å². The fraction of sp³-hybridized carbons (Fsp3) is 0.226. The number of allylic oxidation sites excluding steroid dienone is 4. The summed E-state index contributed by atoms with van der Waals surface area (Å²) in [5.74, 6) is 0. The van der Waals surface area contributed by atoms with Gasteiger partial charge < -0.3 is 0 Å². The molecule has 0 unspecified atom stereocenters. The van der Waals surface area contributed by atoms with Crippen LogP contribution in [0.15, 0.2) is 72.8 Å². The number of halogens is 2. The molecule has 0 spiro atoms. The molecule has 0 amide bonds. The second-order valence-electron chi connectivity index (χ2n) is 8.63. The van der Waals surface area contributed by atoms with E-state index in [1.165, 1.54) is 58.1 Å². The number of benzene rings is 3. The van der Waals surface area contributed by atoms with Crippen LogP contribution in [0.5, 0.6) is 0 Å². The van der Waals surface area contributed by atoms with Gasteiger partial charge in [-0.05, 0) is 26.3 Å². The van der Waals surface area contributed by atoms with E-state index in [0.29, 0.717) is 0 Å². The second kappa shape index (κ2) is 14.0. The monoisotopic (exact) mass is 566 g/mol. The first-order valence-corrected chi connectivity index (χ1v) is 12.4. The molecule has 0 nitrogen and oxygen atoms in total. The summed E-state index contributed by atoms with van der Waals surface area (Å²) >= 11 is 1.55. The largest absolute Gasteiger partial charge is 0.197 e. The van der Waals surface area contributed by atoms with E-state index in [2.05, 4.69) is 120 Å². The molecule has 34 heavy (non-hydrogen) atoms. The molecule has 0 saturated carbocycles. The molecule has 1 aliphatic rings. The number of fused-ring (bicyclic) bond motifs is 3. The van der Waals surface area contributed by atoms with Crippen molar-refractivity contribution >= 4 is 55.1 Å².